The van der Waals surface area contributed by atoms with Crippen molar-refractivity contribution in [1.82, 2.24) is 0 Å². The highest BCUT2D eigenvalue weighted by Crippen LogP contribution is 2.28. The highest BCUT2D eigenvalue weighted by Gasteiger charge is 2.06. The van der Waals surface area contributed by atoms with Crippen LogP contribution in [0.25, 0.3) is 0 Å². The zero-order valence-electron chi connectivity index (χ0n) is 8.86. The Morgan fingerprint density at radius 1 is 1.12 bits per heavy atom. The summed E-state index contributed by atoms with van der Waals surface area (Å²) in [6.45, 7) is 1.05. The Labute approximate surface area is 103 Å². The molecule has 90 valence electrons. The summed E-state index contributed by atoms with van der Waals surface area (Å²) in [5, 5.41) is 17.6. The van der Waals surface area contributed by atoms with Gasteiger partial charge in [0, 0.05) is 5.56 Å². The molecule has 0 aromatic heterocycles. The molecule has 0 spiro atoms. The second-order valence-corrected chi connectivity index (χ2v) is 3.92. The third kappa shape index (κ3) is 4.09. The van der Waals surface area contributed by atoms with Crippen LogP contribution in [0.15, 0.2) is 22.7 Å². The number of halogens is 1. The summed E-state index contributed by atoms with van der Waals surface area (Å²) < 4.78 is 11.4. The third-order valence-corrected chi connectivity index (χ3v) is 2.55. The van der Waals surface area contributed by atoms with Crippen molar-refractivity contribution in [2.24, 2.45) is 0 Å². The van der Waals surface area contributed by atoms with E-state index in [1.54, 1.807) is 6.07 Å². The Hall–Kier alpha value is -0.620. The van der Waals surface area contributed by atoms with Gasteiger partial charge in [0.2, 0.25) is 0 Å². The van der Waals surface area contributed by atoms with E-state index in [1.807, 2.05) is 12.1 Å². The molecule has 0 amide bonds. The van der Waals surface area contributed by atoms with Crippen molar-refractivity contribution in [3.8, 4) is 5.75 Å². The van der Waals surface area contributed by atoms with Gasteiger partial charge in [-0.1, -0.05) is 12.1 Å². The van der Waals surface area contributed by atoms with Crippen LogP contribution in [0, 0.1) is 0 Å². The molecule has 0 heterocycles. The van der Waals surface area contributed by atoms with Crippen LogP contribution in [0.1, 0.15) is 5.56 Å². The van der Waals surface area contributed by atoms with Crippen molar-refractivity contribution in [3.63, 3.8) is 0 Å². The molecule has 2 N–H and O–H groups in total. The Morgan fingerprint density at radius 2 is 1.94 bits per heavy atom. The molecule has 0 radical (unpaired) electrons. The number of aliphatic hydroxyl groups is 2. The van der Waals surface area contributed by atoms with Gasteiger partial charge in [0.25, 0.3) is 0 Å². The number of hydrogen-bond donors (Lipinski definition) is 2. The average molecular weight is 291 g/mol. The quantitative estimate of drug-likeness (QED) is 0.744. The molecular weight excluding hydrogens is 276 g/mol. The summed E-state index contributed by atoms with van der Waals surface area (Å²) in [6.07, 6.45) is 0. The molecule has 16 heavy (non-hydrogen) atoms. The Balaban J connectivity index is 2.46. The minimum atomic E-state index is -0.0632. The first-order valence-electron chi connectivity index (χ1n) is 4.99. The van der Waals surface area contributed by atoms with E-state index in [-0.39, 0.29) is 13.2 Å². The van der Waals surface area contributed by atoms with E-state index in [0.29, 0.717) is 25.6 Å². The summed E-state index contributed by atoms with van der Waals surface area (Å²) in [7, 11) is 0. The maximum absolute atomic E-state index is 9.12. The van der Waals surface area contributed by atoms with Crippen molar-refractivity contribution in [2.75, 3.05) is 26.4 Å². The van der Waals surface area contributed by atoms with Crippen molar-refractivity contribution in [1.29, 1.82) is 0 Å². The van der Waals surface area contributed by atoms with Gasteiger partial charge in [-0.25, -0.2) is 0 Å². The number of rotatable bonds is 7. The predicted octanol–water partition coefficient (Wildman–Crippen LogP) is 1.33. The van der Waals surface area contributed by atoms with Crippen molar-refractivity contribution >= 4 is 15.9 Å². The van der Waals surface area contributed by atoms with Crippen molar-refractivity contribution in [2.45, 2.75) is 6.61 Å². The number of ether oxygens (including phenoxy) is 2. The fraction of sp³-hybridized carbons (Fsp3) is 0.455. The van der Waals surface area contributed by atoms with Gasteiger partial charge in [-0.2, -0.15) is 0 Å². The number of para-hydroxylation sites is 1. The molecule has 0 unspecified atom stereocenters. The molecule has 0 saturated carbocycles. The van der Waals surface area contributed by atoms with Gasteiger partial charge in [-0.15, -0.1) is 0 Å². The molecule has 0 fully saturated rings. The minimum Gasteiger partial charge on any atom is -0.490 e. The van der Waals surface area contributed by atoms with E-state index in [1.165, 1.54) is 0 Å². The van der Waals surface area contributed by atoms with Crippen LogP contribution < -0.4 is 4.74 Å². The van der Waals surface area contributed by atoms with Crippen LogP contribution in [0.3, 0.4) is 0 Å². The fourth-order valence-corrected chi connectivity index (χ4v) is 1.73. The zero-order chi connectivity index (χ0) is 11.8. The minimum absolute atomic E-state index is 0.0108. The maximum Gasteiger partial charge on any atom is 0.139 e. The van der Waals surface area contributed by atoms with E-state index in [4.69, 9.17) is 19.7 Å². The molecule has 5 heteroatoms. The van der Waals surface area contributed by atoms with E-state index in [0.717, 1.165) is 10.0 Å². The Morgan fingerprint density at radius 3 is 2.62 bits per heavy atom. The van der Waals surface area contributed by atoms with Gasteiger partial charge in [-0.05, 0) is 22.0 Å². The summed E-state index contributed by atoms with van der Waals surface area (Å²) in [6, 6.07) is 5.49. The molecule has 1 aromatic carbocycles. The SMILES string of the molecule is OCCOCCOc1c(Br)cccc1CO. The second-order valence-electron chi connectivity index (χ2n) is 3.07. The van der Waals surface area contributed by atoms with Gasteiger partial charge in [0.05, 0.1) is 30.9 Å². The van der Waals surface area contributed by atoms with E-state index >= 15 is 0 Å². The number of hydrogen-bond acceptors (Lipinski definition) is 4. The normalized spacial score (nSPS) is 10.4. The van der Waals surface area contributed by atoms with E-state index < -0.39 is 0 Å². The van der Waals surface area contributed by atoms with E-state index in [2.05, 4.69) is 15.9 Å². The molecule has 0 aliphatic rings. The molecule has 0 bridgehead atoms. The molecule has 0 atom stereocenters. The number of benzene rings is 1. The zero-order valence-corrected chi connectivity index (χ0v) is 10.4. The lowest BCUT2D eigenvalue weighted by atomic mass is 10.2. The molecule has 0 aliphatic heterocycles. The van der Waals surface area contributed by atoms with Crippen molar-refractivity contribution < 1.29 is 19.7 Å². The van der Waals surface area contributed by atoms with Gasteiger partial charge in [0.1, 0.15) is 12.4 Å². The van der Waals surface area contributed by atoms with Crippen LogP contribution in [-0.2, 0) is 11.3 Å². The average Bonchev–Trinajstić information content (AvgIpc) is 2.30. The highest BCUT2D eigenvalue weighted by atomic mass is 79.9. The van der Waals surface area contributed by atoms with Crippen molar-refractivity contribution in [3.05, 3.63) is 28.2 Å². The summed E-state index contributed by atoms with van der Waals surface area (Å²) in [5.74, 6) is 0.637. The van der Waals surface area contributed by atoms with Gasteiger partial charge < -0.3 is 19.7 Å². The molecular formula is C11H15BrO4. The highest BCUT2D eigenvalue weighted by molar-refractivity contribution is 9.10. The lowest BCUT2D eigenvalue weighted by Crippen LogP contribution is -2.10. The summed E-state index contributed by atoms with van der Waals surface area (Å²) >= 11 is 3.35. The fourth-order valence-electron chi connectivity index (χ4n) is 1.21. The van der Waals surface area contributed by atoms with Crippen LogP contribution in [0.4, 0.5) is 0 Å². The van der Waals surface area contributed by atoms with Gasteiger partial charge in [0.15, 0.2) is 0 Å². The first kappa shape index (κ1) is 13.4. The standard InChI is InChI=1S/C11H15BrO4/c12-10-3-1-2-9(8-14)11(10)16-7-6-15-5-4-13/h1-3,13-14H,4-8H2. The van der Waals surface area contributed by atoms with Crippen LogP contribution in [0.5, 0.6) is 5.75 Å². The first-order chi connectivity index (χ1) is 7.79. The maximum atomic E-state index is 9.12. The monoisotopic (exact) mass is 290 g/mol. The first-order valence-corrected chi connectivity index (χ1v) is 5.78. The topological polar surface area (TPSA) is 58.9 Å². The summed E-state index contributed by atoms with van der Waals surface area (Å²) in [5.41, 5.74) is 0.733. The number of aliphatic hydroxyl groups excluding tert-OH is 2. The Kier molecular flexibility index (Phi) is 6.40. The molecule has 1 aromatic rings. The predicted molar refractivity (Wildman–Crippen MR) is 63.5 cm³/mol. The van der Waals surface area contributed by atoms with Crippen LogP contribution >= 0.6 is 15.9 Å². The largest absolute Gasteiger partial charge is 0.490 e. The van der Waals surface area contributed by atoms with Crippen LogP contribution in [0.2, 0.25) is 0 Å². The lowest BCUT2D eigenvalue weighted by molar-refractivity contribution is 0.0698. The summed E-state index contributed by atoms with van der Waals surface area (Å²) in [4.78, 5) is 0. The van der Waals surface area contributed by atoms with Gasteiger partial charge >= 0.3 is 0 Å². The second kappa shape index (κ2) is 7.62. The molecule has 4 nitrogen and oxygen atoms in total. The Bertz CT molecular complexity index is 317. The van der Waals surface area contributed by atoms with Gasteiger partial charge in [-0.3, -0.25) is 0 Å². The lowest BCUT2D eigenvalue weighted by Gasteiger charge is -2.11. The molecule has 0 saturated heterocycles. The molecule has 0 aliphatic carbocycles. The smallest absolute Gasteiger partial charge is 0.139 e. The molecule has 1 rings (SSSR count). The third-order valence-electron chi connectivity index (χ3n) is 1.93. The van der Waals surface area contributed by atoms with E-state index in [9.17, 15) is 0 Å². The van der Waals surface area contributed by atoms with Crippen LogP contribution in [-0.4, -0.2) is 36.6 Å².